The lowest BCUT2D eigenvalue weighted by Gasteiger charge is -2.05. The van der Waals surface area contributed by atoms with Crippen LogP contribution in [0, 0.1) is 6.92 Å². The predicted octanol–water partition coefficient (Wildman–Crippen LogP) is 4.21. The molecule has 6 nitrogen and oxygen atoms in total. The zero-order valence-electron chi connectivity index (χ0n) is 15.4. The predicted molar refractivity (Wildman–Crippen MR) is 110 cm³/mol. The van der Waals surface area contributed by atoms with Crippen molar-refractivity contribution in [2.45, 2.75) is 13.3 Å². The van der Waals surface area contributed by atoms with Crippen LogP contribution in [0.2, 0.25) is 0 Å². The van der Waals surface area contributed by atoms with Crippen LogP contribution in [0.4, 0.5) is 0 Å². The standard InChI is InChI=1S/C22H18N6/c1-3-19-5-7-21-25-26-22(28(21)27-19)10-15-4-6-20-16(9-15)11-18(13-24-20)17-8-14(2)23-12-17/h3-9,11-13,23H,1,10H2,2H3. The summed E-state index contributed by atoms with van der Waals surface area (Å²) < 4.78 is 1.78. The fraction of sp³-hybridized carbons (Fsp3) is 0.0909. The molecule has 0 atom stereocenters. The average molecular weight is 366 g/mol. The van der Waals surface area contributed by atoms with Gasteiger partial charge in [0.15, 0.2) is 11.5 Å². The lowest BCUT2D eigenvalue weighted by molar-refractivity contribution is 0.833. The monoisotopic (exact) mass is 366 g/mol. The Balaban J connectivity index is 1.53. The van der Waals surface area contributed by atoms with Gasteiger partial charge in [0.05, 0.1) is 11.2 Å². The lowest BCUT2D eigenvalue weighted by Crippen LogP contribution is -2.01. The summed E-state index contributed by atoms with van der Waals surface area (Å²) in [5.74, 6) is 0.795. The molecule has 0 saturated carbocycles. The topological polar surface area (TPSA) is 71.8 Å². The molecule has 5 rings (SSSR count). The van der Waals surface area contributed by atoms with Crippen molar-refractivity contribution >= 4 is 22.6 Å². The van der Waals surface area contributed by atoms with Gasteiger partial charge >= 0.3 is 0 Å². The van der Waals surface area contributed by atoms with Gasteiger partial charge in [-0.2, -0.15) is 9.61 Å². The van der Waals surface area contributed by atoms with Crippen molar-refractivity contribution in [3.05, 3.63) is 84.2 Å². The molecule has 0 fully saturated rings. The van der Waals surface area contributed by atoms with Crippen molar-refractivity contribution in [3.8, 4) is 11.1 Å². The molecular formula is C22H18N6. The third-order valence-electron chi connectivity index (χ3n) is 4.83. The first-order valence-electron chi connectivity index (χ1n) is 9.07. The van der Waals surface area contributed by atoms with Crippen molar-refractivity contribution in [1.29, 1.82) is 0 Å². The van der Waals surface area contributed by atoms with Gasteiger partial charge in [-0.05, 0) is 55.0 Å². The van der Waals surface area contributed by atoms with Crippen molar-refractivity contribution in [3.63, 3.8) is 0 Å². The number of aromatic nitrogens is 6. The summed E-state index contributed by atoms with van der Waals surface area (Å²) in [4.78, 5) is 7.83. The zero-order valence-corrected chi connectivity index (χ0v) is 15.4. The summed E-state index contributed by atoms with van der Waals surface area (Å²) in [6, 6.07) is 14.4. The largest absolute Gasteiger partial charge is 0.365 e. The molecule has 0 aliphatic carbocycles. The number of rotatable bonds is 4. The first-order valence-corrected chi connectivity index (χ1v) is 9.07. The van der Waals surface area contributed by atoms with E-state index in [9.17, 15) is 0 Å². The molecule has 1 N–H and O–H groups in total. The number of benzene rings is 1. The third kappa shape index (κ3) is 2.85. The summed E-state index contributed by atoms with van der Waals surface area (Å²) >= 11 is 0. The molecule has 0 aliphatic heterocycles. The van der Waals surface area contributed by atoms with E-state index in [2.05, 4.69) is 56.1 Å². The second kappa shape index (κ2) is 6.42. The summed E-state index contributed by atoms with van der Waals surface area (Å²) in [7, 11) is 0. The minimum absolute atomic E-state index is 0.637. The maximum absolute atomic E-state index is 4.61. The van der Waals surface area contributed by atoms with Crippen LogP contribution in [-0.2, 0) is 6.42 Å². The third-order valence-corrected chi connectivity index (χ3v) is 4.83. The molecule has 5 aromatic rings. The number of hydrogen-bond donors (Lipinski definition) is 1. The van der Waals surface area contributed by atoms with E-state index in [1.165, 1.54) is 0 Å². The lowest BCUT2D eigenvalue weighted by atomic mass is 10.0. The molecule has 0 radical (unpaired) electrons. The number of nitrogens with zero attached hydrogens (tertiary/aromatic N) is 5. The highest BCUT2D eigenvalue weighted by Crippen LogP contribution is 2.24. The van der Waals surface area contributed by atoms with Gasteiger partial charge in [-0.25, -0.2) is 0 Å². The summed E-state index contributed by atoms with van der Waals surface area (Å²) in [6.07, 6.45) is 6.28. The molecule has 0 unspecified atom stereocenters. The average Bonchev–Trinajstić information content (AvgIpc) is 3.33. The molecule has 0 amide bonds. The van der Waals surface area contributed by atoms with Crippen LogP contribution in [0.15, 0.2) is 61.4 Å². The van der Waals surface area contributed by atoms with Gasteiger partial charge in [0.25, 0.3) is 0 Å². The van der Waals surface area contributed by atoms with Crippen LogP contribution in [-0.4, -0.2) is 29.8 Å². The highest BCUT2D eigenvalue weighted by atomic mass is 15.4. The van der Waals surface area contributed by atoms with Gasteiger partial charge < -0.3 is 4.98 Å². The summed E-state index contributed by atoms with van der Waals surface area (Å²) in [5, 5.41) is 14.1. The van der Waals surface area contributed by atoms with Crippen molar-refractivity contribution in [1.82, 2.24) is 29.8 Å². The van der Waals surface area contributed by atoms with Crippen molar-refractivity contribution in [2.75, 3.05) is 0 Å². The Morgan fingerprint density at radius 3 is 2.82 bits per heavy atom. The van der Waals surface area contributed by atoms with E-state index in [-0.39, 0.29) is 0 Å². The second-order valence-electron chi connectivity index (χ2n) is 6.85. The van der Waals surface area contributed by atoms with Crippen LogP contribution in [0.5, 0.6) is 0 Å². The zero-order chi connectivity index (χ0) is 19.1. The van der Waals surface area contributed by atoms with Crippen LogP contribution in [0.25, 0.3) is 33.8 Å². The number of aromatic amines is 1. The molecule has 28 heavy (non-hydrogen) atoms. The Labute approximate surface area is 161 Å². The van der Waals surface area contributed by atoms with Crippen molar-refractivity contribution in [2.24, 2.45) is 0 Å². The molecular weight excluding hydrogens is 348 g/mol. The van der Waals surface area contributed by atoms with Gasteiger partial charge in [-0.1, -0.05) is 12.6 Å². The SMILES string of the molecule is C=Cc1ccc2nnc(Cc3ccc4ncc(-c5c[nH]c(C)c5)cc4c3)n2n1. The Kier molecular flexibility index (Phi) is 3.76. The maximum Gasteiger partial charge on any atom is 0.177 e. The minimum atomic E-state index is 0.637. The van der Waals surface area contributed by atoms with E-state index in [4.69, 9.17) is 0 Å². The number of hydrogen-bond acceptors (Lipinski definition) is 4. The molecule has 0 aliphatic rings. The molecule has 0 bridgehead atoms. The molecule has 6 heteroatoms. The van der Waals surface area contributed by atoms with E-state index in [1.54, 1.807) is 10.6 Å². The number of aryl methyl sites for hydroxylation is 1. The minimum Gasteiger partial charge on any atom is -0.365 e. The first-order chi connectivity index (χ1) is 13.7. The van der Waals surface area contributed by atoms with E-state index >= 15 is 0 Å². The Morgan fingerprint density at radius 1 is 1.07 bits per heavy atom. The van der Waals surface area contributed by atoms with Gasteiger partial charge in [-0.3, -0.25) is 4.98 Å². The van der Waals surface area contributed by atoms with Gasteiger partial charge in [0, 0.05) is 41.0 Å². The number of H-pyrrole nitrogens is 1. The summed E-state index contributed by atoms with van der Waals surface area (Å²) in [6.45, 7) is 5.83. The molecule has 0 spiro atoms. The fourth-order valence-corrected chi connectivity index (χ4v) is 3.37. The van der Waals surface area contributed by atoms with E-state index in [0.717, 1.165) is 50.5 Å². The number of fused-ring (bicyclic) bond motifs is 2. The van der Waals surface area contributed by atoms with Crippen LogP contribution in [0.3, 0.4) is 0 Å². The molecule has 0 saturated heterocycles. The quantitative estimate of drug-likeness (QED) is 0.517. The highest BCUT2D eigenvalue weighted by molar-refractivity contribution is 5.84. The van der Waals surface area contributed by atoms with Crippen LogP contribution in [0.1, 0.15) is 22.8 Å². The Hall–Kier alpha value is -3.80. The van der Waals surface area contributed by atoms with Gasteiger partial charge in [0.2, 0.25) is 0 Å². The van der Waals surface area contributed by atoms with Crippen LogP contribution >= 0.6 is 0 Å². The molecule has 4 aromatic heterocycles. The van der Waals surface area contributed by atoms with E-state index in [1.807, 2.05) is 37.5 Å². The molecule has 136 valence electrons. The second-order valence-corrected chi connectivity index (χ2v) is 6.85. The normalized spacial score (nSPS) is 11.3. The van der Waals surface area contributed by atoms with Crippen LogP contribution < -0.4 is 0 Å². The van der Waals surface area contributed by atoms with E-state index < -0.39 is 0 Å². The number of pyridine rings is 1. The molecule has 1 aromatic carbocycles. The Morgan fingerprint density at radius 2 is 2.00 bits per heavy atom. The Bertz CT molecular complexity index is 1330. The summed E-state index contributed by atoms with van der Waals surface area (Å²) in [5.41, 5.74) is 7.00. The van der Waals surface area contributed by atoms with Crippen molar-refractivity contribution < 1.29 is 0 Å². The smallest absolute Gasteiger partial charge is 0.177 e. The first kappa shape index (κ1) is 16.4. The molecule has 4 heterocycles. The van der Waals surface area contributed by atoms with Gasteiger partial charge in [0.1, 0.15) is 0 Å². The van der Waals surface area contributed by atoms with Gasteiger partial charge in [-0.15, -0.1) is 10.2 Å². The maximum atomic E-state index is 4.61. The van der Waals surface area contributed by atoms with E-state index in [0.29, 0.717) is 6.42 Å². The fourth-order valence-electron chi connectivity index (χ4n) is 3.37. The number of nitrogens with one attached hydrogen (secondary N) is 1. The highest BCUT2D eigenvalue weighted by Gasteiger charge is 2.09.